The van der Waals surface area contributed by atoms with Gasteiger partial charge < -0.3 is 19.9 Å². The van der Waals surface area contributed by atoms with Gasteiger partial charge in [-0.15, -0.1) is 0 Å². The number of esters is 1. The number of fused-ring (bicyclic) bond motifs is 1. The van der Waals surface area contributed by atoms with Crippen molar-refractivity contribution in [1.29, 1.82) is 0 Å². The van der Waals surface area contributed by atoms with Crippen LogP contribution in [0.15, 0.2) is 0 Å². The van der Waals surface area contributed by atoms with Gasteiger partial charge in [0.2, 0.25) is 0 Å². The molecule has 1 aliphatic carbocycles. The fourth-order valence-corrected chi connectivity index (χ4v) is 6.93. The second-order valence-corrected chi connectivity index (χ2v) is 10.3. The molecular weight excluding hydrogens is 330 g/mol. The van der Waals surface area contributed by atoms with Crippen LogP contribution in [0, 0.1) is 29.1 Å². The van der Waals surface area contributed by atoms with Crippen LogP contribution in [0.4, 0.5) is 0 Å². The predicted molar refractivity (Wildman–Crippen MR) is 100 cm³/mol. The third kappa shape index (κ3) is 2.29. The standard InChI is InChI=1S/C21H37NO4/c1-11(2)20(22)13(4)21-16(18(20,6)7)12(3)10-15(25-21)17(26-21)19(8,9)24-14(5)23/h11-13,15-17H,10,22H2,1-9H3. The Hall–Kier alpha value is -0.650. The molecule has 0 radical (unpaired) electrons. The van der Waals surface area contributed by atoms with Crippen molar-refractivity contribution in [3.8, 4) is 0 Å². The third-order valence-electron chi connectivity index (χ3n) is 7.85. The summed E-state index contributed by atoms with van der Waals surface area (Å²) in [5.74, 6) is -0.0470. The molecule has 0 aromatic rings. The quantitative estimate of drug-likeness (QED) is 0.773. The van der Waals surface area contributed by atoms with Gasteiger partial charge >= 0.3 is 5.97 Å². The first-order valence-electron chi connectivity index (χ1n) is 10.1. The van der Waals surface area contributed by atoms with Gasteiger partial charge in [0, 0.05) is 24.3 Å². The van der Waals surface area contributed by atoms with E-state index in [1.54, 1.807) is 0 Å². The molecule has 7 unspecified atom stereocenters. The number of carbonyl (C=O) groups excluding carboxylic acids is 1. The van der Waals surface area contributed by atoms with Crippen molar-refractivity contribution in [2.45, 2.75) is 97.9 Å². The van der Waals surface area contributed by atoms with Crippen LogP contribution in [-0.2, 0) is 19.0 Å². The van der Waals surface area contributed by atoms with Gasteiger partial charge in [0.05, 0.1) is 6.10 Å². The van der Waals surface area contributed by atoms with Crippen molar-refractivity contribution >= 4 is 5.97 Å². The van der Waals surface area contributed by atoms with Gasteiger partial charge in [-0.3, -0.25) is 4.79 Å². The van der Waals surface area contributed by atoms with Crippen molar-refractivity contribution in [2.75, 3.05) is 0 Å². The lowest BCUT2D eigenvalue weighted by atomic mass is 9.61. The number of carbonyl (C=O) groups is 1. The molecule has 2 heterocycles. The van der Waals surface area contributed by atoms with Crippen LogP contribution in [-0.4, -0.2) is 35.1 Å². The lowest BCUT2D eigenvalue weighted by Gasteiger charge is -2.47. The Morgan fingerprint density at radius 1 is 1.23 bits per heavy atom. The molecule has 2 saturated heterocycles. The highest BCUT2D eigenvalue weighted by molar-refractivity contribution is 5.66. The summed E-state index contributed by atoms with van der Waals surface area (Å²) < 4.78 is 19.0. The molecule has 5 nitrogen and oxygen atoms in total. The summed E-state index contributed by atoms with van der Waals surface area (Å²) in [5, 5.41) is 0. The summed E-state index contributed by atoms with van der Waals surface area (Å²) in [7, 11) is 0. The van der Waals surface area contributed by atoms with Crippen LogP contribution < -0.4 is 5.73 Å². The Kier molecular flexibility index (Phi) is 4.39. The number of rotatable bonds is 3. The van der Waals surface area contributed by atoms with Gasteiger partial charge in [0.15, 0.2) is 5.79 Å². The van der Waals surface area contributed by atoms with E-state index < -0.39 is 16.9 Å². The van der Waals surface area contributed by atoms with Gasteiger partial charge in [0.1, 0.15) is 11.7 Å². The first-order chi connectivity index (χ1) is 11.7. The van der Waals surface area contributed by atoms with Gasteiger partial charge in [0.25, 0.3) is 0 Å². The molecule has 0 aromatic heterocycles. The number of hydrogen-bond donors (Lipinski definition) is 1. The number of hydrogen-bond acceptors (Lipinski definition) is 5. The van der Waals surface area contributed by atoms with Crippen LogP contribution in [0.25, 0.3) is 0 Å². The molecule has 0 aromatic carbocycles. The molecule has 3 rings (SSSR count). The van der Waals surface area contributed by atoms with Crippen LogP contribution in [0.3, 0.4) is 0 Å². The second kappa shape index (κ2) is 5.68. The molecule has 5 heteroatoms. The highest BCUT2D eigenvalue weighted by atomic mass is 16.8. The summed E-state index contributed by atoms with van der Waals surface area (Å²) in [4.78, 5) is 11.6. The maximum absolute atomic E-state index is 11.6. The predicted octanol–water partition coefficient (Wildman–Crippen LogP) is 3.49. The Bertz CT molecular complexity index is 601. The fourth-order valence-electron chi connectivity index (χ4n) is 6.93. The molecule has 7 atom stereocenters. The van der Waals surface area contributed by atoms with E-state index in [1.165, 1.54) is 6.92 Å². The molecule has 0 amide bonds. The average Bonchev–Trinajstić information content (AvgIpc) is 2.84. The van der Waals surface area contributed by atoms with E-state index in [1.807, 2.05) is 13.8 Å². The summed E-state index contributed by atoms with van der Waals surface area (Å²) in [6, 6.07) is 0. The van der Waals surface area contributed by atoms with Crippen molar-refractivity contribution in [3.63, 3.8) is 0 Å². The third-order valence-corrected chi connectivity index (χ3v) is 7.85. The van der Waals surface area contributed by atoms with Crippen molar-refractivity contribution in [3.05, 3.63) is 0 Å². The lowest BCUT2D eigenvalue weighted by Crippen LogP contribution is -2.59. The van der Waals surface area contributed by atoms with E-state index in [2.05, 4.69) is 41.5 Å². The van der Waals surface area contributed by atoms with E-state index >= 15 is 0 Å². The Labute approximate surface area is 158 Å². The fraction of sp³-hybridized carbons (Fsp3) is 0.952. The minimum absolute atomic E-state index is 0.0402. The summed E-state index contributed by atoms with van der Waals surface area (Å²) in [5.41, 5.74) is 5.84. The average molecular weight is 368 g/mol. The zero-order valence-electron chi connectivity index (χ0n) is 17.9. The maximum Gasteiger partial charge on any atom is 0.303 e. The van der Waals surface area contributed by atoms with E-state index in [0.29, 0.717) is 11.8 Å². The molecule has 3 fully saturated rings. The van der Waals surface area contributed by atoms with E-state index in [9.17, 15) is 4.79 Å². The van der Waals surface area contributed by atoms with Crippen LogP contribution >= 0.6 is 0 Å². The molecule has 1 spiro atoms. The second-order valence-electron chi connectivity index (χ2n) is 10.3. The number of nitrogens with two attached hydrogens (primary N) is 1. The largest absolute Gasteiger partial charge is 0.457 e. The number of ether oxygens (including phenoxy) is 3. The highest BCUT2D eigenvalue weighted by Crippen LogP contribution is 2.69. The smallest absolute Gasteiger partial charge is 0.303 e. The molecular formula is C21H37NO4. The minimum atomic E-state index is -0.740. The minimum Gasteiger partial charge on any atom is -0.457 e. The first-order valence-corrected chi connectivity index (χ1v) is 10.1. The molecule has 1 saturated carbocycles. The van der Waals surface area contributed by atoms with Gasteiger partial charge in [-0.25, -0.2) is 0 Å². The van der Waals surface area contributed by atoms with E-state index in [4.69, 9.17) is 19.9 Å². The van der Waals surface area contributed by atoms with Crippen LogP contribution in [0.1, 0.15) is 68.7 Å². The molecule has 2 aliphatic heterocycles. The van der Waals surface area contributed by atoms with Crippen LogP contribution in [0.5, 0.6) is 0 Å². The molecule has 3 aliphatic rings. The molecule has 2 bridgehead atoms. The molecule has 2 N–H and O–H groups in total. The summed E-state index contributed by atoms with van der Waals surface area (Å²) in [6.07, 6.45) is 0.529. The maximum atomic E-state index is 11.6. The van der Waals surface area contributed by atoms with Gasteiger partial charge in [-0.05, 0) is 37.5 Å². The Balaban J connectivity index is 2.07. The van der Waals surface area contributed by atoms with E-state index in [-0.39, 0.29) is 35.4 Å². The van der Waals surface area contributed by atoms with Gasteiger partial charge in [-0.1, -0.05) is 41.5 Å². The van der Waals surface area contributed by atoms with Crippen molar-refractivity contribution in [2.24, 2.45) is 34.8 Å². The Morgan fingerprint density at radius 2 is 1.81 bits per heavy atom. The zero-order valence-corrected chi connectivity index (χ0v) is 17.9. The molecule has 150 valence electrons. The topological polar surface area (TPSA) is 70.8 Å². The van der Waals surface area contributed by atoms with Crippen molar-refractivity contribution < 1.29 is 19.0 Å². The monoisotopic (exact) mass is 367 g/mol. The first kappa shape index (κ1) is 20.1. The van der Waals surface area contributed by atoms with E-state index in [0.717, 1.165) is 6.42 Å². The highest BCUT2D eigenvalue weighted by Gasteiger charge is 2.77. The van der Waals surface area contributed by atoms with Crippen molar-refractivity contribution in [1.82, 2.24) is 0 Å². The van der Waals surface area contributed by atoms with Gasteiger partial charge in [-0.2, -0.15) is 0 Å². The summed E-state index contributed by atoms with van der Waals surface area (Å²) in [6.45, 7) is 18.7. The molecule has 26 heavy (non-hydrogen) atoms. The SMILES string of the molecule is CC(=O)OC(C)(C)C1OC23OC1CC(C)C2C(C)(C)C(N)(C(C)C)C3C. The lowest BCUT2D eigenvalue weighted by molar-refractivity contribution is -0.263. The Morgan fingerprint density at radius 3 is 2.31 bits per heavy atom. The normalized spacial score (nSPS) is 47.1. The summed E-state index contributed by atoms with van der Waals surface area (Å²) >= 11 is 0. The van der Waals surface area contributed by atoms with Crippen LogP contribution in [0.2, 0.25) is 0 Å². The zero-order chi connectivity index (χ0) is 19.9.